The van der Waals surface area contributed by atoms with E-state index in [1.54, 1.807) is 13.0 Å². The number of benzene rings is 1. The molecule has 88 valence electrons. The maximum absolute atomic E-state index is 10.8. The predicted octanol–water partition coefficient (Wildman–Crippen LogP) is 3.15. The quantitative estimate of drug-likeness (QED) is 0.909. The van der Waals surface area contributed by atoms with E-state index >= 15 is 0 Å². The normalized spacial score (nSPS) is 12.6. The summed E-state index contributed by atoms with van der Waals surface area (Å²) in [5.41, 5.74) is 1.57. The van der Waals surface area contributed by atoms with Gasteiger partial charge in [-0.25, -0.2) is 0 Å². The lowest BCUT2D eigenvalue weighted by Crippen LogP contribution is -2.12. The van der Waals surface area contributed by atoms with Gasteiger partial charge >= 0.3 is 5.97 Å². The molecule has 0 fully saturated rings. The number of carbonyl (C=O) groups is 1. The minimum absolute atomic E-state index is 0.428. The van der Waals surface area contributed by atoms with Crippen molar-refractivity contribution in [2.45, 2.75) is 13.3 Å². The van der Waals surface area contributed by atoms with Crippen LogP contribution >= 0.6 is 11.6 Å². The molecule has 2 aromatic rings. The van der Waals surface area contributed by atoms with Crippen molar-refractivity contribution < 1.29 is 9.90 Å². The molecular formula is C13H12ClNO2. The SMILES string of the molecule is CC(Cc1ccc2ccc(Cl)cc2n1)C(=O)O. The molecule has 2 rings (SSSR count). The fraction of sp³-hybridized carbons (Fsp3) is 0.231. The van der Waals surface area contributed by atoms with Crippen LogP contribution in [-0.4, -0.2) is 16.1 Å². The summed E-state index contributed by atoms with van der Waals surface area (Å²) >= 11 is 5.89. The van der Waals surface area contributed by atoms with Crippen LogP contribution in [0.25, 0.3) is 10.9 Å². The van der Waals surface area contributed by atoms with Crippen molar-refractivity contribution in [2.24, 2.45) is 5.92 Å². The van der Waals surface area contributed by atoms with Gasteiger partial charge in [-0.2, -0.15) is 0 Å². The number of carboxylic acid groups (broad SMARTS) is 1. The van der Waals surface area contributed by atoms with Gasteiger partial charge in [-0.15, -0.1) is 0 Å². The van der Waals surface area contributed by atoms with Gasteiger partial charge in [0, 0.05) is 22.5 Å². The lowest BCUT2D eigenvalue weighted by Gasteiger charge is -2.06. The van der Waals surface area contributed by atoms with Gasteiger partial charge in [0.15, 0.2) is 0 Å². The number of halogens is 1. The summed E-state index contributed by atoms with van der Waals surface area (Å²) in [6.45, 7) is 1.67. The van der Waals surface area contributed by atoms with E-state index < -0.39 is 11.9 Å². The number of nitrogens with zero attached hydrogens (tertiary/aromatic N) is 1. The minimum atomic E-state index is -0.807. The van der Waals surface area contributed by atoms with Crippen molar-refractivity contribution in [3.05, 3.63) is 41.0 Å². The number of rotatable bonds is 3. The minimum Gasteiger partial charge on any atom is -0.481 e. The molecule has 0 saturated carbocycles. The van der Waals surface area contributed by atoms with Crippen molar-refractivity contribution in [1.82, 2.24) is 4.98 Å². The summed E-state index contributed by atoms with van der Waals surface area (Å²) in [5.74, 6) is -1.24. The topological polar surface area (TPSA) is 50.2 Å². The third kappa shape index (κ3) is 2.74. The Morgan fingerprint density at radius 2 is 2.12 bits per heavy atom. The number of hydrogen-bond donors (Lipinski definition) is 1. The maximum atomic E-state index is 10.8. The Balaban J connectivity index is 2.33. The zero-order valence-electron chi connectivity index (χ0n) is 9.35. The largest absolute Gasteiger partial charge is 0.481 e. The van der Waals surface area contributed by atoms with Crippen LogP contribution in [0.4, 0.5) is 0 Å². The molecule has 1 unspecified atom stereocenters. The Labute approximate surface area is 104 Å². The van der Waals surface area contributed by atoms with Gasteiger partial charge in [-0.3, -0.25) is 9.78 Å². The summed E-state index contributed by atoms with van der Waals surface area (Å²) in [6, 6.07) is 9.28. The number of hydrogen-bond acceptors (Lipinski definition) is 2. The van der Waals surface area contributed by atoms with Crippen molar-refractivity contribution in [2.75, 3.05) is 0 Å². The smallest absolute Gasteiger partial charge is 0.306 e. The molecule has 1 aromatic carbocycles. The first-order valence-electron chi connectivity index (χ1n) is 5.34. The van der Waals surface area contributed by atoms with Crippen LogP contribution in [0.3, 0.4) is 0 Å². The lowest BCUT2D eigenvalue weighted by molar-refractivity contribution is -0.141. The van der Waals surface area contributed by atoms with Gasteiger partial charge in [0.25, 0.3) is 0 Å². The van der Waals surface area contributed by atoms with Crippen LogP contribution in [0.5, 0.6) is 0 Å². The van der Waals surface area contributed by atoms with E-state index in [9.17, 15) is 4.79 Å². The van der Waals surface area contributed by atoms with E-state index in [0.717, 1.165) is 16.6 Å². The van der Waals surface area contributed by atoms with E-state index in [1.165, 1.54) is 0 Å². The molecule has 3 nitrogen and oxygen atoms in total. The Morgan fingerprint density at radius 3 is 2.82 bits per heavy atom. The third-order valence-corrected chi connectivity index (χ3v) is 2.88. The summed E-state index contributed by atoms with van der Waals surface area (Å²) in [7, 11) is 0. The molecule has 0 aliphatic rings. The summed E-state index contributed by atoms with van der Waals surface area (Å²) in [4.78, 5) is 15.2. The van der Waals surface area contributed by atoms with Crippen molar-refractivity contribution in [3.63, 3.8) is 0 Å². The number of aromatic nitrogens is 1. The maximum Gasteiger partial charge on any atom is 0.306 e. The molecule has 0 amide bonds. The molecule has 0 spiro atoms. The second-order valence-corrected chi connectivity index (χ2v) is 4.52. The van der Waals surface area contributed by atoms with Crippen molar-refractivity contribution >= 4 is 28.5 Å². The second-order valence-electron chi connectivity index (χ2n) is 4.08. The predicted molar refractivity (Wildman–Crippen MR) is 67.3 cm³/mol. The van der Waals surface area contributed by atoms with E-state index in [1.807, 2.05) is 24.3 Å². The van der Waals surface area contributed by atoms with Crippen LogP contribution in [0.1, 0.15) is 12.6 Å². The molecule has 1 atom stereocenters. The number of fused-ring (bicyclic) bond motifs is 1. The van der Waals surface area contributed by atoms with Gasteiger partial charge in [-0.1, -0.05) is 30.7 Å². The Morgan fingerprint density at radius 1 is 1.41 bits per heavy atom. The highest BCUT2D eigenvalue weighted by molar-refractivity contribution is 6.31. The van der Waals surface area contributed by atoms with Crippen molar-refractivity contribution in [3.8, 4) is 0 Å². The lowest BCUT2D eigenvalue weighted by atomic mass is 10.0. The van der Waals surface area contributed by atoms with E-state index in [4.69, 9.17) is 16.7 Å². The summed E-state index contributed by atoms with van der Waals surface area (Å²) < 4.78 is 0. The van der Waals surface area contributed by atoms with Gasteiger partial charge < -0.3 is 5.11 Å². The fourth-order valence-corrected chi connectivity index (χ4v) is 1.81. The zero-order valence-corrected chi connectivity index (χ0v) is 10.1. The molecule has 1 N–H and O–H groups in total. The molecule has 0 bridgehead atoms. The van der Waals surface area contributed by atoms with Crippen LogP contribution in [-0.2, 0) is 11.2 Å². The average molecular weight is 250 g/mol. The molecule has 4 heteroatoms. The molecule has 0 aliphatic heterocycles. The molecule has 1 heterocycles. The molecule has 0 radical (unpaired) electrons. The second kappa shape index (κ2) is 4.72. The van der Waals surface area contributed by atoms with E-state index in [2.05, 4.69) is 4.98 Å². The summed E-state index contributed by atoms with van der Waals surface area (Å²) in [6.07, 6.45) is 0.428. The van der Waals surface area contributed by atoms with Crippen LogP contribution in [0, 0.1) is 5.92 Å². The number of pyridine rings is 1. The van der Waals surface area contributed by atoms with Gasteiger partial charge in [-0.05, 0) is 18.2 Å². The highest BCUT2D eigenvalue weighted by atomic mass is 35.5. The molecule has 0 saturated heterocycles. The third-order valence-electron chi connectivity index (χ3n) is 2.65. The first kappa shape index (κ1) is 11.9. The highest BCUT2D eigenvalue weighted by Gasteiger charge is 2.12. The van der Waals surface area contributed by atoms with E-state index in [-0.39, 0.29) is 0 Å². The van der Waals surface area contributed by atoms with Gasteiger partial charge in [0.2, 0.25) is 0 Å². The van der Waals surface area contributed by atoms with Gasteiger partial charge in [0.1, 0.15) is 0 Å². The summed E-state index contributed by atoms with van der Waals surface area (Å²) in [5, 5.41) is 10.5. The fourth-order valence-electron chi connectivity index (χ4n) is 1.65. The number of aliphatic carboxylic acids is 1. The Hall–Kier alpha value is -1.61. The molecule has 17 heavy (non-hydrogen) atoms. The first-order valence-corrected chi connectivity index (χ1v) is 5.72. The van der Waals surface area contributed by atoms with Crippen LogP contribution < -0.4 is 0 Å². The molecule has 0 aliphatic carbocycles. The zero-order chi connectivity index (χ0) is 12.4. The van der Waals surface area contributed by atoms with Crippen LogP contribution in [0.2, 0.25) is 5.02 Å². The highest BCUT2D eigenvalue weighted by Crippen LogP contribution is 2.19. The average Bonchev–Trinajstić information content (AvgIpc) is 2.28. The molecule has 1 aromatic heterocycles. The van der Waals surface area contributed by atoms with Crippen molar-refractivity contribution in [1.29, 1.82) is 0 Å². The van der Waals surface area contributed by atoms with Gasteiger partial charge in [0.05, 0.1) is 11.4 Å². The van der Waals surface area contributed by atoms with Crippen LogP contribution in [0.15, 0.2) is 30.3 Å². The molecular weight excluding hydrogens is 238 g/mol. The Bertz CT molecular complexity index is 568. The van der Waals surface area contributed by atoms with E-state index in [0.29, 0.717) is 11.4 Å². The first-order chi connectivity index (χ1) is 8.06. The number of carboxylic acids is 1. The standard InChI is InChI=1S/C13H12ClNO2/c1-8(13(16)17)6-11-5-3-9-2-4-10(14)7-12(9)15-11/h2-5,7-8H,6H2,1H3,(H,16,17). The monoisotopic (exact) mass is 249 g/mol. The Kier molecular flexibility index (Phi) is 3.29.